The van der Waals surface area contributed by atoms with Crippen LogP contribution in [0.1, 0.15) is 44.4 Å². The van der Waals surface area contributed by atoms with Crippen LogP contribution in [0.25, 0.3) is 0 Å². The van der Waals surface area contributed by atoms with Crippen molar-refractivity contribution < 1.29 is 19.1 Å². The van der Waals surface area contributed by atoms with E-state index < -0.39 is 11.6 Å². The second kappa shape index (κ2) is 7.13. The number of benzene rings is 1. The lowest BCUT2D eigenvalue weighted by atomic mass is 10.0. The van der Waals surface area contributed by atoms with Gasteiger partial charge < -0.3 is 15.4 Å². The summed E-state index contributed by atoms with van der Waals surface area (Å²) in [6, 6.07) is 5.06. The normalized spacial score (nSPS) is 17.2. The van der Waals surface area contributed by atoms with Gasteiger partial charge in [-0.25, -0.2) is 4.79 Å². The molecule has 0 saturated carbocycles. The van der Waals surface area contributed by atoms with Crippen molar-refractivity contribution in [3.05, 3.63) is 29.3 Å². The number of carbonyl (C=O) groups is 3. The highest BCUT2D eigenvalue weighted by atomic mass is 16.5. The van der Waals surface area contributed by atoms with E-state index in [9.17, 15) is 14.4 Å². The minimum absolute atomic E-state index is 0.0493. The number of urea groups is 1. The number of nitrogens with one attached hydrogen (secondary N) is 2. The molecule has 0 aromatic heterocycles. The van der Waals surface area contributed by atoms with Crippen LogP contribution in [0.3, 0.4) is 0 Å². The van der Waals surface area contributed by atoms with Gasteiger partial charge in [0.05, 0.1) is 13.2 Å². The second-order valence-electron chi connectivity index (χ2n) is 6.80. The van der Waals surface area contributed by atoms with E-state index in [1.165, 1.54) is 0 Å². The van der Waals surface area contributed by atoms with Crippen molar-refractivity contribution in [2.45, 2.75) is 45.7 Å². The number of ether oxygens (including phenoxy) is 1. The fourth-order valence-electron chi connectivity index (χ4n) is 2.82. The first-order valence-electron chi connectivity index (χ1n) is 8.23. The molecule has 1 heterocycles. The number of hydrogen-bond donors (Lipinski definition) is 2. The SMILES string of the molecule is COc1ccc(C)cc1[C@@H](C)NC(=O)CCN1C(=O)NC(C)(C)C1=O. The van der Waals surface area contributed by atoms with E-state index in [4.69, 9.17) is 4.74 Å². The number of hydrogen-bond acceptors (Lipinski definition) is 4. The molecule has 0 unspecified atom stereocenters. The predicted molar refractivity (Wildman–Crippen MR) is 93.2 cm³/mol. The van der Waals surface area contributed by atoms with Crippen molar-refractivity contribution in [3.63, 3.8) is 0 Å². The first-order chi connectivity index (χ1) is 11.7. The van der Waals surface area contributed by atoms with Crippen LogP contribution in [0.15, 0.2) is 18.2 Å². The third-order valence-corrected chi connectivity index (χ3v) is 4.24. The van der Waals surface area contributed by atoms with Gasteiger partial charge in [0, 0.05) is 18.5 Å². The maximum absolute atomic E-state index is 12.2. The highest BCUT2D eigenvalue weighted by Gasteiger charge is 2.44. The third kappa shape index (κ3) is 4.10. The number of carbonyl (C=O) groups excluding carboxylic acids is 3. The van der Waals surface area contributed by atoms with Crippen LogP contribution in [0.4, 0.5) is 4.79 Å². The molecule has 1 aromatic carbocycles. The van der Waals surface area contributed by atoms with Crippen molar-refractivity contribution in [1.29, 1.82) is 0 Å². The molecule has 7 heteroatoms. The van der Waals surface area contributed by atoms with Gasteiger partial charge in [0.1, 0.15) is 11.3 Å². The Bertz CT molecular complexity index is 700. The Balaban J connectivity index is 1.96. The molecule has 1 saturated heterocycles. The second-order valence-corrected chi connectivity index (χ2v) is 6.80. The van der Waals surface area contributed by atoms with Crippen LogP contribution < -0.4 is 15.4 Å². The molecule has 0 bridgehead atoms. The fraction of sp³-hybridized carbons (Fsp3) is 0.500. The lowest BCUT2D eigenvalue weighted by Gasteiger charge is -2.19. The van der Waals surface area contributed by atoms with Gasteiger partial charge in [-0.2, -0.15) is 0 Å². The summed E-state index contributed by atoms with van der Waals surface area (Å²) in [6.45, 7) is 7.17. The zero-order chi connectivity index (χ0) is 18.8. The van der Waals surface area contributed by atoms with Crippen LogP contribution in [0.5, 0.6) is 5.75 Å². The monoisotopic (exact) mass is 347 g/mol. The van der Waals surface area contributed by atoms with Gasteiger partial charge in [-0.05, 0) is 33.8 Å². The van der Waals surface area contributed by atoms with Crippen LogP contribution >= 0.6 is 0 Å². The summed E-state index contributed by atoms with van der Waals surface area (Å²) >= 11 is 0. The van der Waals surface area contributed by atoms with Crippen LogP contribution in [-0.4, -0.2) is 41.9 Å². The Morgan fingerprint density at radius 1 is 1.36 bits per heavy atom. The molecule has 7 nitrogen and oxygen atoms in total. The average Bonchev–Trinajstić information content (AvgIpc) is 2.73. The van der Waals surface area contributed by atoms with Crippen molar-refractivity contribution >= 4 is 17.8 Å². The number of nitrogens with zero attached hydrogens (tertiary/aromatic N) is 1. The maximum atomic E-state index is 12.2. The Morgan fingerprint density at radius 3 is 2.60 bits per heavy atom. The molecular formula is C18H25N3O4. The van der Waals surface area contributed by atoms with Crippen LogP contribution in [-0.2, 0) is 9.59 Å². The predicted octanol–water partition coefficient (Wildman–Crippen LogP) is 1.90. The summed E-state index contributed by atoms with van der Waals surface area (Å²) < 4.78 is 5.34. The minimum atomic E-state index is -0.921. The minimum Gasteiger partial charge on any atom is -0.496 e. The van der Waals surface area contributed by atoms with Crippen molar-refractivity contribution in [1.82, 2.24) is 15.5 Å². The topological polar surface area (TPSA) is 87.7 Å². The molecule has 136 valence electrons. The van der Waals surface area contributed by atoms with Crippen molar-refractivity contribution in [3.8, 4) is 5.75 Å². The summed E-state index contributed by atoms with van der Waals surface area (Å²) in [5.41, 5.74) is 1.03. The van der Waals surface area contributed by atoms with E-state index in [1.54, 1.807) is 21.0 Å². The molecule has 2 rings (SSSR count). The summed E-state index contributed by atoms with van der Waals surface area (Å²) in [4.78, 5) is 37.2. The molecule has 1 aromatic rings. The largest absolute Gasteiger partial charge is 0.496 e. The van der Waals surface area contributed by atoms with Crippen LogP contribution in [0.2, 0.25) is 0 Å². The molecule has 1 fully saturated rings. The molecule has 2 N–H and O–H groups in total. The lowest BCUT2D eigenvalue weighted by Crippen LogP contribution is -2.40. The van der Waals surface area contributed by atoms with E-state index >= 15 is 0 Å². The number of methoxy groups -OCH3 is 1. The van der Waals surface area contributed by atoms with E-state index in [1.807, 2.05) is 32.0 Å². The zero-order valence-corrected chi connectivity index (χ0v) is 15.3. The molecule has 1 atom stereocenters. The lowest BCUT2D eigenvalue weighted by molar-refractivity contribution is -0.130. The molecule has 1 aliphatic heterocycles. The molecule has 4 amide bonds. The Labute approximate surface area is 147 Å². The Kier molecular flexibility index (Phi) is 5.35. The number of amides is 4. The van der Waals surface area contributed by atoms with Gasteiger partial charge in [0.2, 0.25) is 5.91 Å². The highest BCUT2D eigenvalue weighted by molar-refractivity contribution is 6.06. The van der Waals surface area contributed by atoms with Crippen LogP contribution in [0, 0.1) is 6.92 Å². The molecular weight excluding hydrogens is 322 g/mol. The summed E-state index contributed by atoms with van der Waals surface area (Å²) in [6.07, 6.45) is 0.0493. The average molecular weight is 347 g/mol. The van der Waals surface area contributed by atoms with Gasteiger partial charge in [-0.1, -0.05) is 17.7 Å². The summed E-state index contributed by atoms with van der Waals surface area (Å²) in [5, 5.41) is 5.48. The number of aryl methyl sites for hydroxylation is 1. The molecule has 0 radical (unpaired) electrons. The zero-order valence-electron chi connectivity index (χ0n) is 15.3. The smallest absolute Gasteiger partial charge is 0.325 e. The molecule has 1 aliphatic rings. The summed E-state index contributed by atoms with van der Waals surface area (Å²) in [5.74, 6) is 0.148. The molecule has 0 aliphatic carbocycles. The van der Waals surface area contributed by atoms with Gasteiger partial charge in [0.15, 0.2) is 0 Å². The van der Waals surface area contributed by atoms with E-state index in [2.05, 4.69) is 10.6 Å². The first-order valence-corrected chi connectivity index (χ1v) is 8.23. The van der Waals surface area contributed by atoms with E-state index in [-0.39, 0.29) is 30.8 Å². The third-order valence-electron chi connectivity index (χ3n) is 4.24. The first kappa shape index (κ1) is 18.8. The van der Waals surface area contributed by atoms with E-state index in [0.29, 0.717) is 5.75 Å². The van der Waals surface area contributed by atoms with Gasteiger partial charge in [0.25, 0.3) is 5.91 Å². The molecule has 25 heavy (non-hydrogen) atoms. The standard InChI is InChI=1S/C18H25N3O4/c1-11-6-7-14(25-5)13(10-11)12(2)19-15(22)8-9-21-16(23)18(3,4)20-17(21)24/h6-7,10,12H,8-9H2,1-5H3,(H,19,22)(H,20,24)/t12-/m1/s1. The van der Waals surface area contributed by atoms with Crippen molar-refractivity contribution in [2.75, 3.05) is 13.7 Å². The number of imide groups is 1. The quantitative estimate of drug-likeness (QED) is 0.770. The maximum Gasteiger partial charge on any atom is 0.325 e. The molecule has 0 spiro atoms. The Hall–Kier alpha value is -2.57. The number of rotatable bonds is 6. The van der Waals surface area contributed by atoms with Gasteiger partial charge >= 0.3 is 6.03 Å². The van der Waals surface area contributed by atoms with Gasteiger partial charge in [-0.15, -0.1) is 0 Å². The fourth-order valence-corrected chi connectivity index (χ4v) is 2.82. The van der Waals surface area contributed by atoms with Crippen molar-refractivity contribution in [2.24, 2.45) is 0 Å². The van der Waals surface area contributed by atoms with Gasteiger partial charge in [-0.3, -0.25) is 14.5 Å². The summed E-state index contributed by atoms with van der Waals surface area (Å²) in [7, 11) is 1.59. The van der Waals surface area contributed by atoms with E-state index in [0.717, 1.165) is 16.0 Å². The highest BCUT2D eigenvalue weighted by Crippen LogP contribution is 2.26. The Morgan fingerprint density at radius 2 is 2.04 bits per heavy atom.